The second-order valence-corrected chi connectivity index (χ2v) is 5.12. The van der Waals surface area contributed by atoms with E-state index in [9.17, 15) is 4.79 Å². The molecule has 104 valence electrons. The van der Waals surface area contributed by atoms with Crippen molar-refractivity contribution < 1.29 is 9.90 Å². The first-order valence-electron chi connectivity index (χ1n) is 6.86. The van der Waals surface area contributed by atoms with Gasteiger partial charge in [0.15, 0.2) is 0 Å². The molecule has 0 heterocycles. The largest absolute Gasteiger partial charge is 0.395 e. The van der Waals surface area contributed by atoms with Crippen LogP contribution in [0.3, 0.4) is 0 Å². The van der Waals surface area contributed by atoms with Gasteiger partial charge >= 0.3 is 0 Å². The second kappa shape index (κ2) is 7.54. The fraction of sp³-hybridized carbons (Fsp3) is 0.786. The van der Waals surface area contributed by atoms with E-state index in [2.05, 4.69) is 11.9 Å². The van der Waals surface area contributed by atoms with Crippen LogP contribution in [0.1, 0.15) is 38.5 Å². The lowest BCUT2D eigenvalue weighted by molar-refractivity contribution is -0.133. The summed E-state index contributed by atoms with van der Waals surface area (Å²) in [5, 5.41) is 12.3. The third-order valence-corrected chi connectivity index (χ3v) is 3.90. The third-order valence-electron chi connectivity index (χ3n) is 3.90. The van der Waals surface area contributed by atoms with Crippen LogP contribution in [0.15, 0.2) is 12.7 Å². The molecule has 0 atom stereocenters. The number of aliphatic hydroxyl groups is 1. The van der Waals surface area contributed by atoms with Gasteiger partial charge in [-0.05, 0) is 19.9 Å². The van der Waals surface area contributed by atoms with Gasteiger partial charge in [-0.25, -0.2) is 0 Å². The average molecular weight is 254 g/mol. The summed E-state index contributed by atoms with van der Waals surface area (Å²) < 4.78 is 0. The Morgan fingerprint density at radius 2 is 2.11 bits per heavy atom. The lowest BCUT2D eigenvalue weighted by atomic mass is 9.79. The van der Waals surface area contributed by atoms with Crippen LogP contribution in [0.2, 0.25) is 0 Å². The fourth-order valence-corrected chi connectivity index (χ4v) is 2.74. The van der Waals surface area contributed by atoms with E-state index >= 15 is 0 Å². The molecule has 1 aliphatic carbocycles. The van der Waals surface area contributed by atoms with Gasteiger partial charge < -0.3 is 15.3 Å². The number of aliphatic hydroxyl groups excluding tert-OH is 1. The normalized spacial score (nSPS) is 18.3. The van der Waals surface area contributed by atoms with Crippen LogP contribution in [-0.4, -0.2) is 48.2 Å². The molecule has 0 unspecified atom stereocenters. The summed E-state index contributed by atoms with van der Waals surface area (Å²) in [6.45, 7) is 4.57. The molecule has 0 saturated heterocycles. The van der Waals surface area contributed by atoms with Crippen molar-refractivity contribution in [2.45, 2.75) is 44.1 Å². The van der Waals surface area contributed by atoms with Crippen molar-refractivity contribution in [2.24, 2.45) is 0 Å². The highest BCUT2D eigenvalue weighted by molar-refractivity contribution is 5.77. The standard InChI is InChI=1S/C14H26N2O2/c1-3-9-16(10-11-17)13(18)12-14(15-2)7-5-4-6-8-14/h3,15,17H,1,4-12H2,2H3. The number of hydrogen-bond acceptors (Lipinski definition) is 3. The van der Waals surface area contributed by atoms with Gasteiger partial charge in [0, 0.05) is 25.0 Å². The van der Waals surface area contributed by atoms with Gasteiger partial charge in [-0.2, -0.15) is 0 Å². The lowest BCUT2D eigenvalue weighted by Gasteiger charge is -2.38. The molecule has 0 aliphatic heterocycles. The predicted octanol–water partition coefficient (Wildman–Crippen LogP) is 1.31. The summed E-state index contributed by atoms with van der Waals surface area (Å²) in [5.41, 5.74) is -0.0375. The van der Waals surface area contributed by atoms with E-state index in [4.69, 9.17) is 5.11 Å². The molecular weight excluding hydrogens is 228 g/mol. The number of nitrogens with one attached hydrogen (secondary N) is 1. The summed E-state index contributed by atoms with van der Waals surface area (Å²) >= 11 is 0. The second-order valence-electron chi connectivity index (χ2n) is 5.12. The minimum absolute atomic E-state index is 0.00608. The minimum Gasteiger partial charge on any atom is -0.395 e. The topological polar surface area (TPSA) is 52.6 Å². The van der Waals surface area contributed by atoms with Gasteiger partial charge in [-0.15, -0.1) is 6.58 Å². The molecule has 4 heteroatoms. The van der Waals surface area contributed by atoms with E-state index in [1.165, 1.54) is 19.3 Å². The molecule has 2 N–H and O–H groups in total. The first kappa shape index (κ1) is 15.2. The van der Waals surface area contributed by atoms with Crippen LogP contribution >= 0.6 is 0 Å². The molecule has 1 aliphatic rings. The third kappa shape index (κ3) is 4.10. The van der Waals surface area contributed by atoms with Gasteiger partial charge in [-0.1, -0.05) is 25.3 Å². The van der Waals surface area contributed by atoms with Gasteiger partial charge in [-0.3, -0.25) is 4.79 Å². The van der Waals surface area contributed by atoms with Crippen molar-refractivity contribution in [3.8, 4) is 0 Å². The first-order valence-corrected chi connectivity index (χ1v) is 6.86. The smallest absolute Gasteiger partial charge is 0.224 e. The van der Waals surface area contributed by atoms with E-state index in [1.54, 1.807) is 11.0 Å². The molecule has 0 spiro atoms. The molecular formula is C14H26N2O2. The van der Waals surface area contributed by atoms with Gasteiger partial charge in [0.25, 0.3) is 0 Å². The summed E-state index contributed by atoms with van der Waals surface area (Å²) in [6.07, 6.45) is 8.01. The van der Waals surface area contributed by atoms with Crippen molar-refractivity contribution >= 4 is 5.91 Å². The van der Waals surface area contributed by atoms with Crippen molar-refractivity contribution in [1.82, 2.24) is 10.2 Å². The number of rotatable bonds is 7. The fourth-order valence-electron chi connectivity index (χ4n) is 2.74. The first-order chi connectivity index (χ1) is 8.67. The molecule has 1 amide bonds. The van der Waals surface area contributed by atoms with Crippen LogP contribution in [0.25, 0.3) is 0 Å². The number of amides is 1. The number of nitrogens with zero attached hydrogens (tertiary/aromatic N) is 1. The zero-order valence-electron chi connectivity index (χ0n) is 11.5. The van der Waals surface area contributed by atoms with Gasteiger partial charge in [0.2, 0.25) is 5.91 Å². The van der Waals surface area contributed by atoms with Gasteiger partial charge in [0.1, 0.15) is 0 Å². The molecule has 1 fully saturated rings. The summed E-state index contributed by atoms with van der Waals surface area (Å²) in [6, 6.07) is 0. The van der Waals surface area contributed by atoms with E-state index < -0.39 is 0 Å². The summed E-state index contributed by atoms with van der Waals surface area (Å²) in [5.74, 6) is 0.111. The predicted molar refractivity (Wildman–Crippen MR) is 73.4 cm³/mol. The van der Waals surface area contributed by atoms with Crippen molar-refractivity contribution in [1.29, 1.82) is 0 Å². The highest BCUT2D eigenvalue weighted by Crippen LogP contribution is 2.31. The maximum absolute atomic E-state index is 12.3. The Morgan fingerprint density at radius 1 is 1.44 bits per heavy atom. The summed E-state index contributed by atoms with van der Waals surface area (Å²) in [7, 11) is 1.95. The highest BCUT2D eigenvalue weighted by atomic mass is 16.3. The zero-order chi connectivity index (χ0) is 13.4. The average Bonchev–Trinajstić information content (AvgIpc) is 2.39. The minimum atomic E-state index is -0.0375. The van der Waals surface area contributed by atoms with Gasteiger partial charge in [0.05, 0.1) is 6.61 Å². The van der Waals surface area contributed by atoms with Crippen LogP contribution in [0.4, 0.5) is 0 Å². The van der Waals surface area contributed by atoms with Crippen LogP contribution in [0, 0.1) is 0 Å². The van der Waals surface area contributed by atoms with E-state index in [0.29, 0.717) is 19.5 Å². The Kier molecular flexibility index (Phi) is 6.36. The molecule has 0 radical (unpaired) electrons. The van der Waals surface area contributed by atoms with E-state index in [-0.39, 0.29) is 18.1 Å². The SMILES string of the molecule is C=CCN(CCO)C(=O)CC1(NC)CCCCC1. The Hall–Kier alpha value is -0.870. The quantitative estimate of drug-likeness (QED) is 0.673. The molecule has 0 aromatic rings. The van der Waals surface area contributed by atoms with Crippen LogP contribution in [-0.2, 0) is 4.79 Å². The monoisotopic (exact) mass is 254 g/mol. The molecule has 18 heavy (non-hydrogen) atoms. The van der Waals surface area contributed by atoms with E-state index in [0.717, 1.165) is 12.8 Å². The highest BCUT2D eigenvalue weighted by Gasteiger charge is 2.33. The Balaban J connectivity index is 2.61. The molecule has 0 bridgehead atoms. The number of carbonyl (C=O) groups is 1. The Labute approximate surface area is 110 Å². The molecule has 0 aromatic carbocycles. The zero-order valence-corrected chi connectivity index (χ0v) is 11.5. The van der Waals surface area contributed by atoms with Crippen LogP contribution in [0.5, 0.6) is 0 Å². The van der Waals surface area contributed by atoms with Crippen molar-refractivity contribution in [3.63, 3.8) is 0 Å². The molecule has 1 saturated carbocycles. The van der Waals surface area contributed by atoms with Crippen molar-refractivity contribution in [2.75, 3.05) is 26.7 Å². The molecule has 4 nitrogen and oxygen atoms in total. The summed E-state index contributed by atoms with van der Waals surface area (Å²) in [4.78, 5) is 14.0. The van der Waals surface area contributed by atoms with Crippen LogP contribution < -0.4 is 5.32 Å². The number of carbonyl (C=O) groups excluding carboxylic acids is 1. The maximum Gasteiger partial charge on any atom is 0.224 e. The number of hydrogen-bond donors (Lipinski definition) is 2. The maximum atomic E-state index is 12.3. The van der Waals surface area contributed by atoms with Crippen molar-refractivity contribution in [3.05, 3.63) is 12.7 Å². The van der Waals surface area contributed by atoms with E-state index in [1.807, 2.05) is 7.05 Å². The molecule has 0 aromatic heterocycles. The molecule has 1 rings (SSSR count). The Morgan fingerprint density at radius 3 is 2.61 bits per heavy atom. The lowest BCUT2D eigenvalue weighted by Crippen LogP contribution is -2.49. The Bertz CT molecular complexity index is 273.